The van der Waals surface area contributed by atoms with E-state index in [9.17, 15) is 4.79 Å². The zero-order valence-electron chi connectivity index (χ0n) is 8.98. The highest BCUT2D eigenvalue weighted by Crippen LogP contribution is 2.28. The Hall–Kier alpha value is -1.55. The van der Waals surface area contributed by atoms with Crippen molar-refractivity contribution in [1.29, 1.82) is 0 Å². The molecule has 1 aliphatic heterocycles. The van der Waals surface area contributed by atoms with Crippen molar-refractivity contribution in [3.8, 4) is 5.75 Å². The van der Waals surface area contributed by atoms with Crippen molar-refractivity contribution in [3.05, 3.63) is 29.3 Å². The van der Waals surface area contributed by atoms with E-state index in [-0.39, 0.29) is 6.54 Å². The molecule has 1 aromatic rings. The molecule has 3 N–H and O–H groups in total. The second-order valence-electron chi connectivity index (χ2n) is 3.95. The van der Waals surface area contributed by atoms with Gasteiger partial charge in [0, 0.05) is 6.54 Å². The number of carbonyl (C=O) groups is 1. The van der Waals surface area contributed by atoms with Gasteiger partial charge < -0.3 is 15.6 Å². The van der Waals surface area contributed by atoms with Crippen molar-refractivity contribution in [2.24, 2.45) is 5.73 Å². The zero-order valence-corrected chi connectivity index (χ0v) is 8.98. The Morgan fingerprint density at radius 2 is 2.38 bits per heavy atom. The van der Waals surface area contributed by atoms with E-state index in [0.29, 0.717) is 0 Å². The molecule has 1 atom stereocenters. The van der Waals surface area contributed by atoms with Gasteiger partial charge in [-0.25, -0.2) is 0 Å². The Balaban J connectivity index is 2.32. The van der Waals surface area contributed by atoms with Gasteiger partial charge in [-0.05, 0) is 30.0 Å². The highest BCUT2D eigenvalue weighted by atomic mass is 16.5. The van der Waals surface area contributed by atoms with Crippen LogP contribution in [0.4, 0.5) is 0 Å². The molecule has 0 bridgehead atoms. The monoisotopic (exact) mass is 221 g/mol. The molecule has 16 heavy (non-hydrogen) atoms. The summed E-state index contributed by atoms with van der Waals surface area (Å²) in [7, 11) is 0. The smallest absolute Gasteiger partial charge is 0.312 e. The second kappa shape index (κ2) is 4.53. The average molecular weight is 221 g/mol. The van der Waals surface area contributed by atoms with Gasteiger partial charge in [-0.3, -0.25) is 4.79 Å². The van der Waals surface area contributed by atoms with Gasteiger partial charge in [-0.2, -0.15) is 0 Å². The van der Waals surface area contributed by atoms with Gasteiger partial charge in [0.15, 0.2) is 0 Å². The number of nitrogens with two attached hydrogens (primary N) is 1. The Morgan fingerprint density at radius 1 is 1.56 bits per heavy atom. The van der Waals surface area contributed by atoms with E-state index in [2.05, 4.69) is 0 Å². The summed E-state index contributed by atoms with van der Waals surface area (Å²) < 4.78 is 5.47. The van der Waals surface area contributed by atoms with Crippen molar-refractivity contribution in [2.45, 2.75) is 18.8 Å². The molecule has 0 amide bonds. The number of hydrogen-bond acceptors (Lipinski definition) is 3. The topological polar surface area (TPSA) is 72.6 Å². The molecule has 0 saturated heterocycles. The molecule has 4 nitrogen and oxygen atoms in total. The maximum Gasteiger partial charge on any atom is 0.312 e. The summed E-state index contributed by atoms with van der Waals surface area (Å²) in [5.74, 6) is -0.623. The van der Waals surface area contributed by atoms with Crippen LogP contribution in [-0.2, 0) is 11.2 Å². The van der Waals surface area contributed by atoms with E-state index < -0.39 is 11.9 Å². The molecule has 0 spiro atoms. The highest BCUT2D eigenvalue weighted by Gasteiger charge is 2.20. The first-order chi connectivity index (χ1) is 7.72. The molecule has 4 heteroatoms. The molecule has 1 aromatic carbocycles. The summed E-state index contributed by atoms with van der Waals surface area (Å²) in [6, 6.07) is 5.53. The summed E-state index contributed by atoms with van der Waals surface area (Å²) in [4.78, 5) is 11.0. The molecule has 1 aliphatic rings. The molecule has 86 valence electrons. The lowest BCUT2D eigenvalue weighted by atomic mass is 9.95. The Bertz CT molecular complexity index is 403. The lowest BCUT2D eigenvalue weighted by Crippen LogP contribution is -2.21. The number of aliphatic carboxylic acids is 1. The number of ether oxygens (including phenoxy) is 1. The average Bonchev–Trinajstić information content (AvgIpc) is 2.29. The third kappa shape index (κ3) is 2.02. The third-order valence-corrected chi connectivity index (χ3v) is 2.87. The predicted molar refractivity (Wildman–Crippen MR) is 59.7 cm³/mol. The molecule has 1 heterocycles. The van der Waals surface area contributed by atoms with Gasteiger partial charge in [0.25, 0.3) is 0 Å². The number of rotatable bonds is 3. The van der Waals surface area contributed by atoms with Crippen LogP contribution in [-0.4, -0.2) is 24.2 Å². The van der Waals surface area contributed by atoms with Crippen molar-refractivity contribution in [2.75, 3.05) is 13.2 Å². The quantitative estimate of drug-likeness (QED) is 0.802. The first-order valence-corrected chi connectivity index (χ1v) is 5.41. The van der Waals surface area contributed by atoms with Crippen LogP contribution in [0.5, 0.6) is 5.75 Å². The molecule has 0 fully saturated rings. The second-order valence-corrected chi connectivity index (χ2v) is 3.95. The minimum Gasteiger partial charge on any atom is -0.493 e. The minimum atomic E-state index is -0.876. The normalized spacial score (nSPS) is 16.1. The SMILES string of the molecule is NCC(C(=O)O)c1ccc2c(c1)CCCO2. The van der Waals surface area contributed by atoms with Gasteiger partial charge in [-0.15, -0.1) is 0 Å². The lowest BCUT2D eigenvalue weighted by molar-refractivity contribution is -0.138. The summed E-state index contributed by atoms with van der Waals surface area (Å²) in [5.41, 5.74) is 7.32. The van der Waals surface area contributed by atoms with E-state index in [1.165, 1.54) is 0 Å². The van der Waals surface area contributed by atoms with Crippen LogP contribution >= 0.6 is 0 Å². The number of hydrogen-bond donors (Lipinski definition) is 2. The Morgan fingerprint density at radius 3 is 3.06 bits per heavy atom. The summed E-state index contributed by atoms with van der Waals surface area (Å²) in [6.45, 7) is 0.862. The standard InChI is InChI=1S/C12H15NO3/c13-7-10(12(14)15)8-3-4-11-9(6-8)2-1-5-16-11/h3-4,6,10H,1-2,5,7,13H2,(H,14,15). The Kier molecular flexibility index (Phi) is 3.10. The fourth-order valence-electron chi connectivity index (χ4n) is 1.98. The number of aryl methyl sites for hydroxylation is 1. The maximum atomic E-state index is 11.0. The molecule has 0 radical (unpaired) electrons. The molecule has 1 unspecified atom stereocenters. The predicted octanol–water partition coefficient (Wildman–Crippen LogP) is 1.14. The van der Waals surface area contributed by atoms with E-state index in [1.807, 2.05) is 12.1 Å². The van der Waals surface area contributed by atoms with Crippen molar-refractivity contribution >= 4 is 5.97 Å². The van der Waals surface area contributed by atoms with Crippen LogP contribution in [0.15, 0.2) is 18.2 Å². The van der Waals surface area contributed by atoms with Crippen molar-refractivity contribution < 1.29 is 14.6 Å². The molecule has 0 aliphatic carbocycles. The number of fused-ring (bicyclic) bond motifs is 1. The largest absolute Gasteiger partial charge is 0.493 e. The lowest BCUT2D eigenvalue weighted by Gasteiger charge is -2.19. The van der Waals surface area contributed by atoms with E-state index in [0.717, 1.165) is 36.3 Å². The van der Waals surface area contributed by atoms with Gasteiger partial charge >= 0.3 is 5.97 Å². The number of carboxylic acid groups (broad SMARTS) is 1. The van der Waals surface area contributed by atoms with Gasteiger partial charge in [0.05, 0.1) is 12.5 Å². The van der Waals surface area contributed by atoms with Crippen LogP contribution in [0, 0.1) is 0 Å². The maximum absolute atomic E-state index is 11.0. The van der Waals surface area contributed by atoms with Crippen molar-refractivity contribution in [1.82, 2.24) is 0 Å². The minimum absolute atomic E-state index is 0.120. The van der Waals surface area contributed by atoms with Crippen LogP contribution in [0.3, 0.4) is 0 Å². The van der Waals surface area contributed by atoms with E-state index >= 15 is 0 Å². The Labute approximate surface area is 94.0 Å². The van der Waals surface area contributed by atoms with Crippen molar-refractivity contribution in [3.63, 3.8) is 0 Å². The summed E-state index contributed by atoms with van der Waals surface area (Å²) in [6.07, 6.45) is 1.93. The number of carboxylic acids is 1. The molecule has 0 saturated carbocycles. The molecular formula is C12H15NO3. The highest BCUT2D eigenvalue weighted by molar-refractivity contribution is 5.76. The van der Waals surface area contributed by atoms with E-state index in [4.69, 9.17) is 15.6 Å². The third-order valence-electron chi connectivity index (χ3n) is 2.87. The molecule has 2 rings (SSSR count). The molecular weight excluding hydrogens is 206 g/mol. The van der Waals surface area contributed by atoms with Crippen LogP contribution < -0.4 is 10.5 Å². The molecule has 0 aromatic heterocycles. The fourth-order valence-corrected chi connectivity index (χ4v) is 1.98. The van der Waals surface area contributed by atoms with Crippen LogP contribution in [0.25, 0.3) is 0 Å². The first-order valence-electron chi connectivity index (χ1n) is 5.41. The van der Waals surface area contributed by atoms with E-state index in [1.54, 1.807) is 6.07 Å². The summed E-state index contributed by atoms with van der Waals surface area (Å²) in [5, 5.41) is 9.02. The van der Waals surface area contributed by atoms with Gasteiger partial charge in [0.1, 0.15) is 5.75 Å². The number of benzene rings is 1. The summed E-state index contributed by atoms with van der Waals surface area (Å²) >= 11 is 0. The zero-order chi connectivity index (χ0) is 11.5. The fraction of sp³-hybridized carbons (Fsp3) is 0.417. The first kappa shape index (κ1) is 11.0. The van der Waals surface area contributed by atoms with Crippen LogP contribution in [0.1, 0.15) is 23.5 Å². The van der Waals surface area contributed by atoms with Crippen LogP contribution in [0.2, 0.25) is 0 Å². The van der Waals surface area contributed by atoms with Gasteiger partial charge in [-0.1, -0.05) is 12.1 Å². The van der Waals surface area contributed by atoms with Gasteiger partial charge in [0.2, 0.25) is 0 Å².